The quantitative estimate of drug-likeness (QED) is 0.501. The highest BCUT2D eigenvalue weighted by molar-refractivity contribution is 4.82. The van der Waals surface area contributed by atoms with Crippen molar-refractivity contribution in [2.45, 2.75) is 38.7 Å². The monoisotopic (exact) mass is 140 g/mol. The second kappa shape index (κ2) is 2.54. The first-order chi connectivity index (χ1) is 4.86. The molecule has 0 bridgehead atoms. The molecule has 1 aliphatic carbocycles. The van der Waals surface area contributed by atoms with Crippen molar-refractivity contribution in [3.63, 3.8) is 0 Å². The third-order valence-corrected chi connectivity index (χ3v) is 3.01. The van der Waals surface area contributed by atoms with Crippen molar-refractivity contribution in [3.05, 3.63) is 0 Å². The lowest BCUT2D eigenvalue weighted by atomic mass is 9.81. The minimum Gasteiger partial charge on any atom is -0.378 e. The number of fused-ring (bicyclic) bond motifs is 1. The van der Waals surface area contributed by atoms with Gasteiger partial charge < -0.3 is 4.74 Å². The van der Waals surface area contributed by atoms with E-state index < -0.39 is 0 Å². The molecule has 2 fully saturated rings. The molecule has 1 saturated heterocycles. The van der Waals surface area contributed by atoms with Crippen LogP contribution in [0.3, 0.4) is 0 Å². The summed E-state index contributed by atoms with van der Waals surface area (Å²) in [7, 11) is 0. The first kappa shape index (κ1) is 6.66. The van der Waals surface area contributed by atoms with E-state index in [-0.39, 0.29) is 0 Å². The van der Waals surface area contributed by atoms with Crippen molar-refractivity contribution >= 4 is 0 Å². The van der Waals surface area contributed by atoms with Crippen molar-refractivity contribution in [2.24, 2.45) is 11.8 Å². The van der Waals surface area contributed by atoms with Crippen molar-refractivity contribution in [3.8, 4) is 0 Å². The summed E-state index contributed by atoms with van der Waals surface area (Å²) in [5, 5.41) is 0. The maximum atomic E-state index is 5.63. The molecule has 58 valence electrons. The van der Waals surface area contributed by atoms with E-state index in [9.17, 15) is 0 Å². The molecule has 0 radical (unpaired) electrons. The smallest absolute Gasteiger partial charge is 0.0606 e. The summed E-state index contributed by atoms with van der Waals surface area (Å²) in [6.07, 6.45) is 6.15. The van der Waals surface area contributed by atoms with Crippen LogP contribution < -0.4 is 0 Å². The maximum absolute atomic E-state index is 5.63. The van der Waals surface area contributed by atoms with E-state index in [1.807, 2.05) is 0 Å². The molecule has 1 nitrogen and oxygen atoms in total. The normalized spacial score (nSPS) is 47.1. The Morgan fingerprint density at radius 1 is 1.20 bits per heavy atom. The molecule has 0 aromatic rings. The van der Waals surface area contributed by atoms with Crippen molar-refractivity contribution in [1.29, 1.82) is 0 Å². The van der Waals surface area contributed by atoms with Crippen LogP contribution in [0.25, 0.3) is 0 Å². The molecule has 2 aliphatic rings. The van der Waals surface area contributed by atoms with Crippen LogP contribution in [0.1, 0.15) is 32.6 Å². The lowest BCUT2D eigenvalue weighted by Crippen LogP contribution is -2.24. The zero-order valence-corrected chi connectivity index (χ0v) is 6.68. The van der Waals surface area contributed by atoms with Gasteiger partial charge >= 0.3 is 0 Å². The molecule has 0 N–H and O–H groups in total. The number of hydrogen-bond acceptors (Lipinski definition) is 1. The van der Waals surface area contributed by atoms with E-state index in [1.54, 1.807) is 0 Å². The topological polar surface area (TPSA) is 9.23 Å². The lowest BCUT2D eigenvalue weighted by molar-refractivity contribution is 0.0494. The summed E-state index contributed by atoms with van der Waals surface area (Å²) in [6, 6.07) is 0. The average molecular weight is 140 g/mol. The first-order valence-electron chi connectivity index (χ1n) is 4.48. The van der Waals surface area contributed by atoms with E-state index in [2.05, 4.69) is 6.92 Å². The highest BCUT2D eigenvalue weighted by atomic mass is 16.5. The van der Waals surface area contributed by atoms with Crippen molar-refractivity contribution in [1.82, 2.24) is 0 Å². The molecule has 1 aliphatic heterocycles. The maximum Gasteiger partial charge on any atom is 0.0606 e. The van der Waals surface area contributed by atoms with Gasteiger partial charge in [-0.05, 0) is 31.1 Å². The standard InChI is InChI=1S/C9H16O/c1-7-2-3-8-4-5-10-9(8)6-7/h7-9H,2-6H2,1H3. The van der Waals surface area contributed by atoms with Gasteiger partial charge in [-0.3, -0.25) is 0 Å². The molecule has 10 heavy (non-hydrogen) atoms. The summed E-state index contributed by atoms with van der Waals surface area (Å²) in [5.41, 5.74) is 0. The van der Waals surface area contributed by atoms with Crippen LogP contribution in [0, 0.1) is 11.8 Å². The predicted molar refractivity (Wildman–Crippen MR) is 40.9 cm³/mol. The second-order valence-electron chi connectivity index (χ2n) is 3.88. The molecule has 2 rings (SSSR count). The number of hydrogen-bond donors (Lipinski definition) is 0. The van der Waals surface area contributed by atoms with Crippen LogP contribution in [0.15, 0.2) is 0 Å². The molecule has 1 heteroatoms. The molecule has 1 saturated carbocycles. The van der Waals surface area contributed by atoms with Gasteiger partial charge in [-0.25, -0.2) is 0 Å². The van der Waals surface area contributed by atoms with Gasteiger partial charge in [0.25, 0.3) is 0 Å². The summed E-state index contributed by atoms with van der Waals surface area (Å²) in [6.45, 7) is 3.37. The fourth-order valence-corrected chi connectivity index (χ4v) is 2.30. The van der Waals surface area contributed by atoms with Crippen LogP contribution in [0.4, 0.5) is 0 Å². The minimum absolute atomic E-state index is 0.642. The number of rotatable bonds is 0. The fraction of sp³-hybridized carbons (Fsp3) is 1.00. The SMILES string of the molecule is CC1CCC2CCOC2C1. The van der Waals surface area contributed by atoms with Crippen molar-refractivity contribution < 1.29 is 4.74 Å². The Labute approximate surface area is 62.8 Å². The van der Waals surface area contributed by atoms with Crippen molar-refractivity contribution in [2.75, 3.05) is 6.61 Å². The van der Waals surface area contributed by atoms with Crippen LogP contribution in [0.2, 0.25) is 0 Å². The van der Waals surface area contributed by atoms with Gasteiger partial charge in [-0.15, -0.1) is 0 Å². The Morgan fingerprint density at radius 3 is 3.00 bits per heavy atom. The third kappa shape index (κ3) is 1.07. The van der Waals surface area contributed by atoms with Gasteiger partial charge in [0.05, 0.1) is 6.10 Å². The molecule has 3 atom stereocenters. The predicted octanol–water partition coefficient (Wildman–Crippen LogP) is 2.21. The fourth-order valence-electron chi connectivity index (χ4n) is 2.30. The minimum atomic E-state index is 0.642. The molecule has 0 aromatic carbocycles. The highest BCUT2D eigenvalue weighted by Crippen LogP contribution is 2.36. The summed E-state index contributed by atoms with van der Waals surface area (Å²) >= 11 is 0. The van der Waals surface area contributed by atoms with E-state index in [0.29, 0.717) is 6.10 Å². The Balaban J connectivity index is 1.96. The van der Waals surface area contributed by atoms with E-state index in [4.69, 9.17) is 4.74 Å². The first-order valence-corrected chi connectivity index (χ1v) is 4.48. The largest absolute Gasteiger partial charge is 0.378 e. The zero-order chi connectivity index (χ0) is 6.97. The zero-order valence-electron chi connectivity index (χ0n) is 6.68. The Bertz CT molecular complexity index is 122. The lowest BCUT2D eigenvalue weighted by Gasteiger charge is -2.28. The van der Waals surface area contributed by atoms with Gasteiger partial charge in [-0.2, -0.15) is 0 Å². The molecule has 3 unspecified atom stereocenters. The molecule has 0 spiro atoms. The molecular weight excluding hydrogens is 124 g/mol. The van der Waals surface area contributed by atoms with E-state index in [0.717, 1.165) is 18.4 Å². The van der Waals surface area contributed by atoms with Gasteiger partial charge in [-0.1, -0.05) is 13.3 Å². The number of ether oxygens (including phenoxy) is 1. The molecular formula is C9H16O. The van der Waals surface area contributed by atoms with Crippen LogP contribution in [0.5, 0.6) is 0 Å². The molecule has 0 amide bonds. The van der Waals surface area contributed by atoms with Crippen LogP contribution >= 0.6 is 0 Å². The van der Waals surface area contributed by atoms with Gasteiger partial charge in [0, 0.05) is 6.61 Å². The van der Waals surface area contributed by atoms with E-state index in [1.165, 1.54) is 25.7 Å². The average Bonchev–Trinajstić information content (AvgIpc) is 2.33. The van der Waals surface area contributed by atoms with Crippen LogP contribution in [-0.2, 0) is 4.74 Å². The Hall–Kier alpha value is -0.0400. The Morgan fingerprint density at radius 2 is 2.10 bits per heavy atom. The summed E-state index contributed by atoms with van der Waals surface area (Å²) < 4.78 is 5.63. The molecule has 1 heterocycles. The Kier molecular flexibility index (Phi) is 1.69. The highest BCUT2D eigenvalue weighted by Gasteiger charge is 2.32. The van der Waals surface area contributed by atoms with Gasteiger partial charge in [0.15, 0.2) is 0 Å². The third-order valence-electron chi connectivity index (χ3n) is 3.01. The van der Waals surface area contributed by atoms with E-state index >= 15 is 0 Å². The van der Waals surface area contributed by atoms with Crippen LogP contribution in [-0.4, -0.2) is 12.7 Å². The van der Waals surface area contributed by atoms with Gasteiger partial charge in [0.1, 0.15) is 0 Å². The van der Waals surface area contributed by atoms with Gasteiger partial charge in [0.2, 0.25) is 0 Å². The summed E-state index contributed by atoms with van der Waals surface area (Å²) in [4.78, 5) is 0. The molecule has 0 aromatic heterocycles. The second-order valence-corrected chi connectivity index (χ2v) is 3.88. The summed E-state index contributed by atoms with van der Waals surface area (Å²) in [5.74, 6) is 1.84.